The molecule has 2 unspecified atom stereocenters. The minimum atomic E-state index is -0.695. The third-order valence-corrected chi connectivity index (χ3v) is 2.61. The summed E-state index contributed by atoms with van der Waals surface area (Å²) in [6.07, 6.45) is 8.14. The van der Waals surface area contributed by atoms with Gasteiger partial charge < -0.3 is 15.1 Å². The first kappa shape index (κ1) is 17.1. The van der Waals surface area contributed by atoms with Crippen molar-refractivity contribution in [1.82, 2.24) is 0 Å². The van der Waals surface area contributed by atoms with Crippen molar-refractivity contribution in [3.8, 4) is 0 Å². The van der Waals surface area contributed by atoms with Gasteiger partial charge in [0.05, 0.1) is 12.7 Å². The van der Waals surface area contributed by atoms with Crippen molar-refractivity contribution in [2.24, 2.45) is 5.11 Å². The Kier molecular flexibility index (Phi) is 10.6. The van der Waals surface area contributed by atoms with Crippen molar-refractivity contribution < 1.29 is 14.7 Å². The average molecular weight is 258 g/mol. The highest BCUT2D eigenvalue weighted by molar-refractivity contribution is 4.73. The van der Waals surface area contributed by atoms with Gasteiger partial charge in [-0.15, -0.1) is 0 Å². The molecule has 0 heterocycles. The summed E-state index contributed by atoms with van der Waals surface area (Å²) >= 11 is 0. The summed E-state index contributed by atoms with van der Waals surface area (Å²) in [5, 5.41) is 24.6. The second-order valence-electron chi connectivity index (χ2n) is 4.42. The van der Waals surface area contributed by atoms with Gasteiger partial charge in [0.1, 0.15) is 0 Å². The Balaban J connectivity index is 4.02. The Morgan fingerprint density at radius 3 is 2.67 bits per heavy atom. The molecule has 0 radical (unpaired) electrons. The molecule has 18 heavy (non-hydrogen) atoms. The van der Waals surface area contributed by atoms with Crippen molar-refractivity contribution >= 4 is 0 Å². The number of hydroxylamine groups is 1. The van der Waals surface area contributed by atoms with E-state index < -0.39 is 12.1 Å². The zero-order chi connectivity index (χ0) is 13.8. The topological polar surface area (TPSA) is 67.9 Å². The number of allylic oxidation sites excluding steroid dienone is 1. The molecule has 5 heteroatoms. The summed E-state index contributed by atoms with van der Waals surface area (Å²) in [7, 11) is 1.52. The lowest BCUT2D eigenvalue weighted by Gasteiger charge is -2.11. The second kappa shape index (κ2) is 11.2. The van der Waals surface area contributed by atoms with Crippen molar-refractivity contribution in [3.05, 3.63) is 17.5 Å². The van der Waals surface area contributed by atoms with Gasteiger partial charge in [-0.1, -0.05) is 31.0 Å². The second-order valence-corrected chi connectivity index (χ2v) is 4.42. The Morgan fingerprint density at radius 1 is 1.39 bits per heavy atom. The highest BCUT2D eigenvalue weighted by Crippen LogP contribution is 2.04. The number of hydrogen-bond donors (Lipinski definition) is 1. The van der Waals surface area contributed by atoms with Gasteiger partial charge >= 0.3 is 0 Å². The van der Waals surface area contributed by atoms with Gasteiger partial charge in [0.15, 0.2) is 6.04 Å². The molecule has 0 bridgehead atoms. The van der Waals surface area contributed by atoms with Crippen molar-refractivity contribution in [2.45, 2.75) is 58.1 Å². The van der Waals surface area contributed by atoms with Crippen LogP contribution in [0.25, 0.3) is 0 Å². The first-order valence-corrected chi connectivity index (χ1v) is 6.62. The zero-order valence-electron chi connectivity index (χ0n) is 11.7. The molecule has 0 amide bonds. The summed E-state index contributed by atoms with van der Waals surface area (Å²) in [5.74, 6) is 0. The summed E-state index contributed by atoms with van der Waals surface area (Å²) in [6.45, 7) is 4.00. The molecule has 0 saturated heterocycles. The van der Waals surface area contributed by atoms with Crippen LogP contribution in [0.2, 0.25) is 0 Å². The number of aliphatic hydroxyl groups is 1. The molecule has 0 aromatic carbocycles. The molecule has 0 rings (SSSR count). The van der Waals surface area contributed by atoms with E-state index in [4.69, 9.17) is 4.74 Å². The minimum absolute atomic E-state index is 0.237. The molecule has 0 aromatic rings. The largest absolute Gasteiger partial charge is 0.595 e. The molecule has 2 atom stereocenters. The van der Waals surface area contributed by atoms with E-state index in [9.17, 15) is 10.3 Å². The smallest absolute Gasteiger partial charge is 0.205 e. The lowest BCUT2D eigenvalue weighted by atomic mass is 10.1. The van der Waals surface area contributed by atoms with Gasteiger partial charge in [-0.3, -0.25) is 0 Å². The molecule has 0 aliphatic carbocycles. The first-order chi connectivity index (χ1) is 8.61. The molecular weight excluding hydrogens is 232 g/mol. The maximum Gasteiger partial charge on any atom is 0.205 e. The van der Waals surface area contributed by atoms with Crippen LogP contribution in [0, 0.1) is 5.21 Å². The van der Waals surface area contributed by atoms with Crippen LogP contribution in [0.1, 0.15) is 46.0 Å². The van der Waals surface area contributed by atoms with Gasteiger partial charge in [0.2, 0.25) is 6.20 Å². The fraction of sp³-hybridized carbons (Fsp3) is 0.846. The van der Waals surface area contributed by atoms with Crippen molar-refractivity contribution in [2.75, 3.05) is 13.7 Å². The highest BCUT2D eigenvalue weighted by Gasteiger charge is 2.17. The first-order valence-electron chi connectivity index (χ1n) is 6.62. The Labute approximate surface area is 110 Å². The molecule has 0 fully saturated rings. The average Bonchev–Trinajstić information content (AvgIpc) is 2.33. The minimum Gasteiger partial charge on any atom is -0.595 e. The standard InChI is InChI=1S/C13H26N2O3/c1-4-5-6-7-8-9-10-15(17)14-13(11-18-3)12(2)16/h9-10,12-13,16H,4-8,11H2,1-3H3/b10-9+,15-14?. The maximum atomic E-state index is 11.4. The van der Waals surface area contributed by atoms with Crippen LogP contribution in [0.15, 0.2) is 17.4 Å². The van der Waals surface area contributed by atoms with Gasteiger partial charge in [-0.2, -0.15) is 0 Å². The predicted molar refractivity (Wildman–Crippen MR) is 71.3 cm³/mol. The van der Waals surface area contributed by atoms with Crippen LogP contribution in [-0.2, 0) is 4.74 Å². The van der Waals surface area contributed by atoms with Crippen LogP contribution >= 0.6 is 0 Å². The lowest BCUT2D eigenvalue weighted by Crippen LogP contribution is -2.27. The molecule has 5 nitrogen and oxygen atoms in total. The Morgan fingerprint density at radius 2 is 2.11 bits per heavy atom. The van der Waals surface area contributed by atoms with E-state index in [2.05, 4.69) is 12.0 Å². The normalized spacial score (nSPS) is 16.1. The SMILES string of the molecule is CCCCCC/C=C/[N+]([O-])=NC(COC)C(C)O. The Bertz CT molecular complexity index is 253. The van der Waals surface area contributed by atoms with Crippen LogP contribution in [0.3, 0.4) is 0 Å². The molecule has 106 valence electrons. The van der Waals surface area contributed by atoms with E-state index in [1.165, 1.54) is 32.6 Å². The summed E-state index contributed by atoms with van der Waals surface area (Å²) in [5.41, 5.74) is 0. The number of aliphatic hydroxyl groups excluding tert-OH is 1. The van der Waals surface area contributed by atoms with E-state index in [0.717, 1.165) is 12.8 Å². The van der Waals surface area contributed by atoms with Gasteiger partial charge in [0, 0.05) is 7.11 Å². The number of hydrogen-bond acceptors (Lipinski definition) is 4. The monoisotopic (exact) mass is 258 g/mol. The predicted octanol–water partition coefficient (Wildman–Crippen LogP) is 2.83. The van der Waals surface area contributed by atoms with Crippen molar-refractivity contribution in [3.63, 3.8) is 0 Å². The number of unbranched alkanes of at least 4 members (excludes halogenated alkanes) is 4. The molecular formula is C13H26N2O3. The fourth-order valence-corrected chi connectivity index (χ4v) is 1.48. The summed E-state index contributed by atoms with van der Waals surface area (Å²) in [4.78, 5) is 0.510. The van der Waals surface area contributed by atoms with Gasteiger partial charge in [0.25, 0.3) is 0 Å². The molecule has 0 aliphatic rings. The van der Waals surface area contributed by atoms with E-state index in [1.54, 1.807) is 6.92 Å². The quantitative estimate of drug-likeness (QED) is 0.283. The molecule has 0 aromatic heterocycles. The van der Waals surface area contributed by atoms with Crippen LogP contribution in [0.5, 0.6) is 0 Å². The van der Waals surface area contributed by atoms with Crippen LogP contribution in [0.4, 0.5) is 0 Å². The molecule has 0 spiro atoms. The number of azo groups is 1. The van der Waals surface area contributed by atoms with Crippen LogP contribution in [-0.4, -0.2) is 35.8 Å². The maximum absolute atomic E-state index is 11.4. The number of nitrogens with zero attached hydrogens (tertiary/aromatic N) is 2. The lowest BCUT2D eigenvalue weighted by molar-refractivity contribution is -0.464. The number of methoxy groups -OCH3 is 1. The molecule has 0 saturated carbocycles. The third kappa shape index (κ3) is 9.13. The number of rotatable bonds is 10. The highest BCUT2D eigenvalue weighted by atomic mass is 16.5. The van der Waals surface area contributed by atoms with E-state index >= 15 is 0 Å². The summed E-state index contributed by atoms with van der Waals surface area (Å²) < 4.78 is 4.89. The Hall–Kier alpha value is -0.940. The zero-order valence-corrected chi connectivity index (χ0v) is 11.7. The fourth-order valence-electron chi connectivity index (χ4n) is 1.48. The van der Waals surface area contributed by atoms with Gasteiger partial charge in [-0.05, 0) is 31.0 Å². The van der Waals surface area contributed by atoms with Crippen LogP contribution < -0.4 is 0 Å². The molecule has 0 aliphatic heterocycles. The molecule has 1 N–H and O–H groups in total. The number of ether oxygens (including phenoxy) is 1. The van der Waals surface area contributed by atoms with E-state index in [-0.39, 0.29) is 6.61 Å². The van der Waals surface area contributed by atoms with E-state index in [1.807, 2.05) is 6.08 Å². The van der Waals surface area contributed by atoms with E-state index in [0.29, 0.717) is 4.86 Å². The van der Waals surface area contributed by atoms with Gasteiger partial charge in [-0.25, -0.2) is 0 Å². The van der Waals surface area contributed by atoms with Crippen molar-refractivity contribution in [1.29, 1.82) is 0 Å². The summed E-state index contributed by atoms with van der Waals surface area (Å²) in [6, 6.07) is -0.516. The third-order valence-electron chi connectivity index (χ3n) is 2.61.